The molecule has 0 fully saturated rings. The van der Waals surface area contributed by atoms with Gasteiger partial charge in [-0.15, -0.1) is 10.2 Å². The first-order valence-electron chi connectivity index (χ1n) is 11.0. The predicted octanol–water partition coefficient (Wildman–Crippen LogP) is 5.13. The molecule has 0 aliphatic heterocycles. The SMILES string of the molecule is CCn1c(SCc2cccc(F)c2)nnc1[C@H](Cc1ccccc1)NS(=O)(=O)c1ccc(F)cc1. The molecule has 1 N–H and O–H groups in total. The van der Waals surface area contributed by atoms with Gasteiger partial charge in [-0.1, -0.05) is 54.2 Å². The molecule has 0 saturated heterocycles. The zero-order chi connectivity index (χ0) is 24.8. The second-order valence-electron chi connectivity index (χ2n) is 7.82. The number of hydrogen-bond donors (Lipinski definition) is 1. The lowest BCUT2D eigenvalue weighted by atomic mass is 10.1. The van der Waals surface area contributed by atoms with E-state index in [4.69, 9.17) is 0 Å². The van der Waals surface area contributed by atoms with Gasteiger partial charge in [0, 0.05) is 12.3 Å². The third-order valence-corrected chi connectivity index (χ3v) is 7.86. The molecule has 4 rings (SSSR count). The maximum absolute atomic E-state index is 13.5. The number of thioether (sulfide) groups is 1. The molecular weight excluding hydrogens is 490 g/mol. The Morgan fingerprint density at radius 2 is 1.63 bits per heavy atom. The third kappa shape index (κ3) is 6.33. The smallest absolute Gasteiger partial charge is 0.241 e. The zero-order valence-corrected chi connectivity index (χ0v) is 20.6. The summed E-state index contributed by atoms with van der Waals surface area (Å²) in [7, 11) is -3.97. The predicted molar refractivity (Wildman–Crippen MR) is 131 cm³/mol. The van der Waals surface area contributed by atoms with E-state index in [2.05, 4.69) is 14.9 Å². The molecule has 3 aromatic carbocycles. The zero-order valence-electron chi connectivity index (χ0n) is 18.9. The van der Waals surface area contributed by atoms with Gasteiger partial charge in [0.1, 0.15) is 11.6 Å². The van der Waals surface area contributed by atoms with Crippen LogP contribution in [0.4, 0.5) is 8.78 Å². The van der Waals surface area contributed by atoms with E-state index in [0.29, 0.717) is 29.7 Å². The van der Waals surface area contributed by atoms with Crippen molar-refractivity contribution in [1.82, 2.24) is 19.5 Å². The van der Waals surface area contributed by atoms with Crippen LogP contribution in [-0.2, 0) is 28.7 Å². The lowest BCUT2D eigenvalue weighted by molar-refractivity contribution is 0.517. The van der Waals surface area contributed by atoms with E-state index in [9.17, 15) is 17.2 Å². The van der Waals surface area contributed by atoms with Crippen molar-refractivity contribution in [2.45, 2.75) is 41.7 Å². The summed E-state index contributed by atoms with van der Waals surface area (Å²) < 4.78 is 57.7. The monoisotopic (exact) mass is 514 g/mol. The van der Waals surface area contributed by atoms with Crippen LogP contribution in [-0.4, -0.2) is 23.2 Å². The van der Waals surface area contributed by atoms with Crippen LogP contribution in [0.25, 0.3) is 0 Å². The normalized spacial score (nSPS) is 12.5. The molecule has 4 aromatic rings. The fraction of sp³-hybridized carbons (Fsp3) is 0.200. The molecule has 0 aliphatic carbocycles. The summed E-state index contributed by atoms with van der Waals surface area (Å²) in [6, 6.07) is 19.8. The summed E-state index contributed by atoms with van der Waals surface area (Å²) in [6.45, 7) is 2.44. The summed E-state index contributed by atoms with van der Waals surface area (Å²) >= 11 is 1.40. The molecule has 10 heteroatoms. The summed E-state index contributed by atoms with van der Waals surface area (Å²) in [6.07, 6.45) is 0.341. The fourth-order valence-electron chi connectivity index (χ4n) is 3.64. The minimum absolute atomic E-state index is 0.0415. The molecule has 35 heavy (non-hydrogen) atoms. The Hall–Kier alpha value is -3.08. The highest BCUT2D eigenvalue weighted by atomic mass is 32.2. The number of nitrogens with one attached hydrogen (secondary N) is 1. The van der Waals surface area contributed by atoms with Gasteiger partial charge in [0.25, 0.3) is 0 Å². The van der Waals surface area contributed by atoms with Crippen molar-refractivity contribution < 1.29 is 17.2 Å². The van der Waals surface area contributed by atoms with Crippen molar-refractivity contribution >= 4 is 21.8 Å². The van der Waals surface area contributed by atoms with Gasteiger partial charge in [0.2, 0.25) is 10.0 Å². The van der Waals surface area contributed by atoms with E-state index in [1.165, 1.54) is 36.0 Å². The standard InChI is InChI=1S/C25H24F2N4O2S2/c1-2-31-24(28-29-25(31)34-17-19-9-6-10-21(27)15-19)23(16-18-7-4-3-5-8-18)30-35(32,33)22-13-11-20(26)12-14-22/h3-15,23,30H,2,16-17H2,1H3/t23-/m0/s1. The van der Waals surface area contributed by atoms with E-state index in [-0.39, 0.29) is 10.7 Å². The lowest BCUT2D eigenvalue weighted by Crippen LogP contribution is -2.32. The van der Waals surface area contributed by atoms with Crippen molar-refractivity contribution in [3.05, 3.63) is 107 Å². The minimum Gasteiger partial charge on any atom is -0.305 e. The van der Waals surface area contributed by atoms with Gasteiger partial charge in [0.05, 0.1) is 10.9 Å². The molecule has 1 atom stereocenters. The van der Waals surface area contributed by atoms with E-state index in [1.807, 2.05) is 47.9 Å². The Morgan fingerprint density at radius 1 is 0.914 bits per heavy atom. The molecule has 0 radical (unpaired) electrons. The van der Waals surface area contributed by atoms with Crippen LogP contribution in [0.15, 0.2) is 88.9 Å². The number of sulfonamides is 1. The van der Waals surface area contributed by atoms with Gasteiger partial charge >= 0.3 is 0 Å². The van der Waals surface area contributed by atoms with Gasteiger partial charge in [-0.3, -0.25) is 0 Å². The number of halogens is 2. The second-order valence-corrected chi connectivity index (χ2v) is 10.5. The van der Waals surface area contributed by atoms with Crippen LogP contribution in [0.5, 0.6) is 0 Å². The molecule has 0 unspecified atom stereocenters. The first-order chi connectivity index (χ1) is 16.9. The molecule has 0 aliphatic rings. The largest absolute Gasteiger partial charge is 0.305 e. The Bertz CT molecular complexity index is 1380. The third-order valence-electron chi connectivity index (χ3n) is 5.33. The first-order valence-corrected chi connectivity index (χ1v) is 13.4. The van der Waals surface area contributed by atoms with Crippen LogP contribution in [0.3, 0.4) is 0 Å². The van der Waals surface area contributed by atoms with Gasteiger partial charge < -0.3 is 4.57 Å². The van der Waals surface area contributed by atoms with E-state index in [1.54, 1.807) is 6.07 Å². The summed E-state index contributed by atoms with van der Waals surface area (Å²) in [5, 5.41) is 9.24. The van der Waals surface area contributed by atoms with Crippen molar-refractivity contribution in [3.8, 4) is 0 Å². The highest BCUT2D eigenvalue weighted by Crippen LogP contribution is 2.27. The molecule has 0 saturated carbocycles. The lowest BCUT2D eigenvalue weighted by Gasteiger charge is -2.19. The summed E-state index contributed by atoms with van der Waals surface area (Å²) in [5.74, 6) is 0.124. The van der Waals surface area contributed by atoms with Crippen LogP contribution in [0.1, 0.15) is 29.9 Å². The Morgan fingerprint density at radius 3 is 2.31 bits per heavy atom. The number of hydrogen-bond acceptors (Lipinski definition) is 5. The van der Waals surface area contributed by atoms with Crippen molar-refractivity contribution in [2.24, 2.45) is 0 Å². The Balaban J connectivity index is 1.64. The van der Waals surface area contributed by atoms with Crippen LogP contribution in [0.2, 0.25) is 0 Å². The molecule has 0 amide bonds. The maximum Gasteiger partial charge on any atom is 0.241 e. The molecule has 1 aromatic heterocycles. The van der Waals surface area contributed by atoms with E-state index in [0.717, 1.165) is 23.3 Å². The van der Waals surface area contributed by atoms with Crippen molar-refractivity contribution in [1.29, 1.82) is 0 Å². The van der Waals surface area contributed by atoms with Gasteiger partial charge in [0.15, 0.2) is 11.0 Å². The number of rotatable bonds is 10. The average Bonchev–Trinajstić information content (AvgIpc) is 3.26. The molecular formula is C25H24F2N4O2S2. The molecule has 1 heterocycles. The topological polar surface area (TPSA) is 76.9 Å². The number of aromatic nitrogens is 3. The minimum atomic E-state index is -3.97. The highest BCUT2D eigenvalue weighted by molar-refractivity contribution is 7.98. The van der Waals surface area contributed by atoms with Crippen molar-refractivity contribution in [3.63, 3.8) is 0 Å². The Labute approximate surface area is 207 Å². The average molecular weight is 515 g/mol. The van der Waals surface area contributed by atoms with Gasteiger partial charge in [-0.05, 0) is 60.9 Å². The number of benzene rings is 3. The van der Waals surface area contributed by atoms with Crippen LogP contribution >= 0.6 is 11.8 Å². The van der Waals surface area contributed by atoms with Crippen molar-refractivity contribution in [2.75, 3.05) is 0 Å². The maximum atomic E-state index is 13.5. The Kier molecular flexibility index (Phi) is 7.94. The summed E-state index contributed by atoms with van der Waals surface area (Å²) in [5.41, 5.74) is 1.72. The highest BCUT2D eigenvalue weighted by Gasteiger charge is 2.27. The van der Waals surface area contributed by atoms with E-state index < -0.39 is 21.9 Å². The first kappa shape index (κ1) is 25.0. The summed E-state index contributed by atoms with van der Waals surface area (Å²) in [4.78, 5) is -0.0415. The molecule has 182 valence electrons. The van der Waals surface area contributed by atoms with Crippen LogP contribution < -0.4 is 4.72 Å². The van der Waals surface area contributed by atoms with Crippen LogP contribution in [0, 0.1) is 11.6 Å². The quantitative estimate of drug-likeness (QED) is 0.297. The fourth-order valence-corrected chi connectivity index (χ4v) is 5.79. The molecule has 0 bridgehead atoms. The molecule has 0 spiro atoms. The van der Waals surface area contributed by atoms with Gasteiger partial charge in [-0.2, -0.15) is 0 Å². The number of nitrogens with zero attached hydrogens (tertiary/aromatic N) is 3. The molecule has 6 nitrogen and oxygen atoms in total. The second kappa shape index (κ2) is 11.1. The van der Waals surface area contributed by atoms with E-state index >= 15 is 0 Å². The van der Waals surface area contributed by atoms with Gasteiger partial charge in [-0.25, -0.2) is 21.9 Å².